The van der Waals surface area contributed by atoms with Crippen LogP contribution in [0.3, 0.4) is 0 Å². The summed E-state index contributed by atoms with van der Waals surface area (Å²) in [6, 6.07) is 16.5. The Bertz CT molecular complexity index is 1380. The molecule has 0 spiro atoms. The second-order valence-corrected chi connectivity index (χ2v) is 9.69. The lowest BCUT2D eigenvalue weighted by Gasteiger charge is -2.26. The van der Waals surface area contributed by atoms with Crippen LogP contribution in [0, 0.1) is 29.1 Å². The van der Waals surface area contributed by atoms with E-state index in [4.69, 9.17) is 0 Å². The van der Waals surface area contributed by atoms with Gasteiger partial charge >= 0.3 is 0 Å². The van der Waals surface area contributed by atoms with Crippen molar-refractivity contribution in [1.82, 2.24) is 9.46 Å². The molecule has 1 N–H and O–H groups in total. The molecule has 0 fully saturated rings. The van der Waals surface area contributed by atoms with Gasteiger partial charge in [-0.15, -0.1) is 0 Å². The number of carbonyl (C=O) groups is 1. The van der Waals surface area contributed by atoms with Crippen molar-refractivity contribution < 1.29 is 26.7 Å². The van der Waals surface area contributed by atoms with E-state index in [1.54, 1.807) is 16.7 Å². The molecule has 3 nitrogen and oxygen atoms in total. The zero-order valence-corrected chi connectivity index (χ0v) is 21.9. The van der Waals surface area contributed by atoms with Crippen LogP contribution in [0.2, 0.25) is 12.6 Å². The standard InChI is InChI=1S/C30H30BF5N2O/c1-3-5-16-31(17-6-4-2)38-21(23(20-13-10-18-37-20)19-11-8-7-9-12-19)14-15-22(38)30(39)24-25(32)27(34)29(36)28(35)26(24)33/h7-15,18,23,37H,3-6,16-17H2,1-2H3. The van der Waals surface area contributed by atoms with Crippen molar-refractivity contribution in [3.8, 4) is 0 Å². The van der Waals surface area contributed by atoms with Gasteiger partial charge in [0, 0.05) is 17.6 Å². The Kier molecular flexibility index (Phi) is 9.10. The van der Waals surface area contributed by atoms with Gasteiger partial charge in [0.05, 0.1) is 11.6 Å². The number of unbranched alkanes of at least 4 members (excludes halogenated alkanes) is 2. The van der Waals surface area contributed by atoms with Crippen LogP contribution in [-0.4, -0.2) is 22.1 Å². The van der Waals surface area contributed by atoms with E-state index in [9.17, 15) is 26.7 Å². The number of aromatic nitrogens is 2. The maximum atomic E-state index is 14.8. The second kappa shape index (κ2) is 12.5. The molecule has 0 bridgehead atoms. The molecule has 2 aromatic heterocycles. The summed E-state index contributed by atoms with van der Waals surface area (Å²) in [4.78, 5) is 16.9. The van der Waals surface area contributed by atoms with Gasteiger partial charge < -0.3 is 9.46 Å². The minimum atomic E-state index is -2.29. The molecular formula is C30H30BF5N2O. The average molecular weight is 540 g/mol. The van der Waals surface area contributed by atoms with Crippen molar-refractivity contribution in [1.29, 1.82) is 0 Å². The average Bonchev–Trinajstić information content (AvgIpc) is 3.63. The van der Waals surface area contributed by atoms with Gasteiger partial charge in [-0.25, -0.2) is 22.0 Å². The summed E-state index contributed by atoms with van der Waals surface area (Å²) in [7, 11) is 0. The molecule has 0 saturated carbocycles. The van der Waals surface area contributed by atoms with E-state index in [2.05, 4.69) is 4.98 Å². The third-order valence-corrected chi connectivity index (χ3v) is 7.13. The fraction of sp³-hybridized carbons (Fsp3) is 0.300. The molecule has 39 heavy (non-hydrogen) atoms. The van der Waals surface area contributed by atoms with E-state index >= 15 is 0 Å². The van der Waals surface area contributed by atoms with Gasteiger partial charge in [-0.05, 0) is 29.8 Å². The predicted molar refractivity (Wildman–Crippen MR) is 143 cm³/mol. The van der Waals surface area contributed by atoms with Crippen molar-refractivity contribution >= 4 is 12.6 Å². The van der Waals surface area contributed by atoms with Crippen molar-refractivity contribution in [2.24, 2.45) is 0 Å². The van der Waals surface area contributed by atoms with Crippen LogP contribution in [-0.2, 0) is 0 Å². The fourth-order valence-corrected chi connectivity index (χ4v) is 5.19. The van der Waals surface area contributed by atoms with Crippen molar-refractivity contribution in [2.75, 3.05) is 0 Å². The summed E-state index contributed by atoms with van der Waals surface area (Å²) >= 11 is 0. The van der Waals surface area contributed by atoms with E-state index in [1.807, 2.05) is 56.3 Å². The van der Waals surface area contributed by atoms with Crippen LogP contribution in [0.1, 0.15) is 78.5 Å². The highest BCUT2D eigenvalue weighted by Gasteiger charge is 2.35. The highest BCUT2D eigenvalue weighted by Crippen LogP contribution is 2.35. The van der Waals surface area contributed by atoms with Crippen LogP contribution in [0.5, 0.6) is 0 Å². The van der Waals surface area contributed by atoms with Crippen LogP contribution in [0.15, 0.2) is 60.8 Å². The van der Waals surface area contributed by atoms with Gasteiger partial charge in [-0.3, -0.25) is 4.79 Å². The van der Waals surface area contributed by atoms with Gasteiger partial charge in [0.1, 0.15) is 5.56 Å². The second-order valence-electron chi connectivity index (χ2n) is 9.69. The first kappa shape index (κ1) is 28.4. The molecule has 1 unspecified atom stereocenters. The SMILES string of the molecule is CCCCB(CCCC)n1c(C(=O)c2c(F)c(F)c(F)c(F)c2F)ccc1C(c1ccccc1)c1ccc[nH]1. The Labute approximate surface area is 225 Å². The number of H-pyrrole nitrogens is 1. The van der Waals surface area contributed by atoms with Crippen molar-refractivity contribution in [2.45, 2.75) is 58.1 Å². The van der Waals surface area contributed by atoms with Crippen LogP contribution < -0.4 is 0 Å². The number of hydrogen-bond acceptors (Lipinski definition) is 1. The van der Waals surface area contributed by atoms with E-state index in [0.29, 0.717) is 18.3 Å². The van der Waals surface area contributed by atoms with E-state index < -0.39 is 40.4 Å². The topological polar surface area (TPSA) is 37.8 Å². The van der Waals surface area contributed by atoms with Gasteiger partial charge in [-0.2, -0.15) is 0 Å². The highest BCUT2D eigenvalue weighted by molar-refractivity contribution is 6.58. The van der Waals surface area contributed by atoms with E-state index in [0.717, 1.165) is 36.9 Å². The Hall–Kier alpha value is -3.62. The molecule has 0 saturated heterocycles. The number of rotatable bonds is 12. The molecule has 4 aromatic rings. The van der Waals surface area contributed by atoms with Gasteiger partial charge in [-0.1, -0.05) is 82.5 Å². The number of nitrogens with one attached hydrogen (secondary N) is 1. The Morgan fingerprint density at radius 3 is 1.92 bits per heavy atom. The van der Waals surface area contributed by atoms with E-state index in [-0.39, 0.29) is 18.5 Å². The lowest BCUT2D eigenvalue weighted by molar-refractivity contribution is 0.102. The zero-order valence-electron chi connectivity index (χ0n) is 21.9. The number of nitrogens with zero attached hydrogens (tertiary/aromatic N) is 1. The van der Waals surface area contributed by atoms with Crippen LogP contribution >= 0.6 is 0 Å². The van der Waals surface area contributed by atoms with Crippen LogP contribution in [0.4, 0.5) is 22.0 Å². The normalized spacial score (nSPS) is 12.1. The molecule has 0 amide bonds. The summed E-state index contributed by atoms with van der Waals surface area (Å²) in [6.45, 7) is 3.86. The third-order valence-electron chi connectivity index (χ3n) is 7.13. The van der Waals surface area contributed by atoms with Gasteiger partial charge in [0.15, 0.2) is 23.3 Å². The predicted octanol–water partition coefficient (Wildman–Crippen LogP) is 8.36. The zero-order chi connectivity index (χ0) is 28.1. The van der Waals surface area contributed by atoms with Gasteiger partial charge in [0.25, 0.3) is 6.85 Å². The third kappa shape index (κ3) is 5.58. The molecule has 204 valence electrons. The highest BCUT2D eigenvalue weighted by atomic mass is 19.2. The number of benzene rings is 2. The molecule has 2 heterocycles. The quantitative estimate of drug-likeness (QED) is 0.0634. The molecule has 0 radical (unpaired) electrons. The molecule has 0 aliphatic carbocycles. The largest absolute Gasteiger partial charge is 0.386 e. The smallest absolute Gasteiger partial charge is 0.260 e. The number of ketones is 1. The fourth-order valence-electron chi connectivity index (χ4n) is 5.19. The van der Waals surface area contributed by atoms with Crippen LogP contribution in [0.25, 0.3) is 0 Å². The first-order valence-corrected chi connectivity index (χ1v) is 13.3. The Morgan fingerprint density at radius 1 is 0.795 bits per heavy atom. The lowest BCUT2D eigenvalue weighted by atomic mass is 9.53. The minimum absolute atomic E-state index is 0.113. The molecule has 4 rings (SSSR count). The summed E-state index contributed by atoms with van der Waals surface area (Å²) < 4.78 is 73.2. The monoisotopic (exact) mass is 540 g/mol. The maximum absolute atomic E-state index is 14.8. The minimum Gasteiger partial charge on any atom is -0.386 e. The molecular weight excluding hydrogens is 510 g/mol. The Balaban J connectivity index is 1.98. The molecule has 2 aromatic carbocycles. The Morgan fingerprint density at radius 2 is 1.38 bits per heavy atom. The molecule has 0 aliphatic heterocycles. The number of hydrogen-bond donors (Lipinski definition) is 1. The van der Waals surface area contributed by atoms with E-state index in [1.165, 1.54) is 6.07 Å². The number of aromatic amines is 1. The molecule has 1 atom stereocenters. The van der Waals surface area contributed by atoms with Crippen molar-refractivity contribution in [3.63, 3.8) is 0 Å². The number of carbonyl (C=O) groups excluding carboxylic acids is 1. The first-order valence-electron chi connectivity index (χ1n) is 13.3. The summed E-state index contributed by atoms with van der Waals surface area (Å²) in [6.07, 6.45) is 6.59. The first-order chi connectivity index (χ1) is 18.8. The maximum Gasteiger partial charge on any atom is 0.260 e. The summed E-state index contributed by atoms with van der Waals surface area (Å²) in [5, 5.41) is 0. The van der Waals surface area contributed by atoms with Gasteiger partial charge in [0.2, 0.25) is 11.6 Å². The molecule has 9 heteroatoms. The summed E-state index contributed by atoms with van der Waals surface area (Å²) in [5.74, 6) is -12.5. The lowest BCUT2D eigenvalue weighted by Crippen LogP contribution is -2.31. The molecule has 0 aliphatic rings. The number of halogens is 5. The van der Waals surface area contributed by atoms with Crippen molar-refractivity contribution in [3.05, 3.63) is 118 Å². The summed E-state index contributed by atoms with van der Waals surface area (Å²) in [5.41, 5.74) is 0.879.